The van der Waals surface area contributed by atoms with E-state index in [4.69, 9.17) is 0 Å². The Morgan fingerprint density at radius 2 is 2.08 bits per heavy atom. The molecular formula is C17H22FN5O. The maximum absolute atomic E-state index is 12.9. The van der Waals surface area contributed by atoms with Crippen LogP contribution < -0.4 is 10.6 Å². The molecule has 1 amide bonds. The minimum absolute atomic E-state index is 0.0769. The first kappa shape index (κ1) is 16.6. The number of piperidine rings is 1. The minimum atomic E-state index is -0.259. The van der Waals surface area contributed by atoms with E-state index in [0.717, 1.165) is 31.5 Å². The Bertz CT molecular complexity index is 679. The predicted molar refractivity (Wildman–Crippen MR) is 88.2 cm³/mol. The van der Waals surface area contributed by atoms with E-state index in [1.807, 2.05) is 6.92 Å². The van der Waals surface area contributed by atoms with Crippen LogP contribution in [0.1, 0.15) is 41.9 Å². The lowest BCUT2D eigenvalue weighted by Gasteiger charge is -2.22. The average Bonchev–Trinajstić information content (AvgIpc) is 3.08. The van der Waals surface area contributed by atoms with Crippen molar-refractivity contribution in [1.29, 1.82) is 0 Å². The maximum Gasteiger partial charge on any atom is 0.273 e. The van der Waals surface area contributed by atoms with Crippen molar-refractivity contribution in [2.75, 3.05) is 13.1 Å². The fourth-order valence-corrected chi connectivity index (χ4v) is 2.95. The first-order chi connectivity index (χ1) is 11.6. The highest BCUT2D eigenvalue weighted by Crippen LogP contribution is 2.17. The molecule has 7 heteroatoms. The molecule has 0 bridgehead atoms. The zero-order valence-electron chi connectivity index (χ0n) is 13.7. The molecule has 1 aromatic carbocycles. The highest BCUT2D eigenvalue weighted by atomic mass is 19.1. The fourth-order valence-electron chi connectivity index (χ4n) is 2.95. The van der Waals surface area contributed by atoms with Gasteiger partial charge in [0.1, 0.15) is 5.82 Å². The van der Waals surface area contributed by atoms with Crippen LogP contribution in [-0.2, 0) is 6.42 Å². The molecule has 1 aliphatic heterocycles. The van der Waals surface area contributed by atoms with Crippen molar-refractivity contribution in [2.24, 2.45) is 0 Å². The topological polar surface area (TPSA) is 71.8 Å². The summed E-state index contributed by atoms with van der Waals surface area (Å²) in [5, 5.41) is 14.3. The lowest BCUT2D eigenvalue weighted by Crippen LogP contribution is -2.34. The lowest BCUT2D eigenvalue weighted by molar-refractivity contribution is 0.0935. The van der Waals surface area contributed by atoms with E-state index in [0.29, 0.717) is 18.2 Å². The van der Waals surface area contributed by atoms with Gasteiger partial charge in [-0.25, -0.2) is 9.07 Å². The number of amides is 1. The molecule has 1 atom stereocenters. The molecule has 128 valence electrons. The normalized spacial score (nSPS) is 16.8. The molecule has 6 nitrogen and oxygen atoms in total. The molecule has 3 rings (SSSR count). The molecule has 0 spiro atoms. The summed E-state index contributed by atoms with van der Waals surface area (Å²) in [5.41, 5.74) is 1.31. The molecule has 0 radical (unpaired) electrons. The van der Waals surface area contributed by atoms with Gasteiger partial charge >= 0.3 is 0 Å². The van der Waals surface area contributed by atoms with E-state index in [-0.39, 0.29) is 17.8 Å². The number of hydrogen-bond acceptors (Lipinski definition) is 4. The maximum atomic E-state index is 12.9. The van der Waals surface area contributed by atoms with Crippen molar-refractivity contribution >= 4 is 5.91 Å². The minimum Gasteiger partial charge on any atom is -0.348 e. The van der Waals surface area contributed by atoms with E-state index in [2.05, 4.69) is 20.9 Å². The zero-order chi connectivity index (χ0) is 16.9. The van der Waals surface area contributed by atoms with Crippen molar-refractivity contribution in [2.45, 2.75) is 38.3 Å². The summed E-state index contributed by atoms with van der Waals surface area (Å²) >= 11 is 0. The lowest BCUT2D eigenvalue weighted by atomic mass is 10.1. The second-order valence-electron chi connectivity index (χ2n) is 6.27. The SMILES string of the molecule is CC(Cc1ccc(F)cc1)NC(=O)c1cn(C2CCNCC2)nn1. The molecule has 0 aliphatic carbocycles. The summed E-state index contributed by atoms with van der Waals surface area (Å²) in [6.07, 6.45) is 4.33. The first-order valence-electron chi connectivity index (χ1n) is 8.29. The van der Waals surface area contributed by atoms with E-state index in [1.165, 1.54) is 12.1 Å². The molecule has 2 heterocycles. The first-order valence-corrected chi connectivity index (χ1v) is 8.29. The van der Waals surface area contributed by atoms with Crippen LogP contribution in [-0.4, -0.2) is 40.0 Å². The van der Waals surface area contributed by atoms with Gasteiger partial charge in [-0.1, -0.05) is 17.3 Å². The molecular weight excluding hydrogens is 309 g/mol. The number of rotatable bonds is 5. The molecule has 1 fully saturated rings. The number of halogens is 1. The van der Waals surface area contributed by atoms with Gasteiger partial charge in [0, 0.05) is 6.04 Å². The van der Waals surface area contributed by atoms with Gasteiger partial charge in [0.25, 0.3) is 5.91 Å². The summed E-state index contributed by atoms with van der Waals surface area (Å²) in [6, 6.07) is 6.53. The molecule has 0 saturated carbocycles. The Morgan fingerprint density at radius 3 is 2.79 bits per heavy atom. The molecule has 1 aliphatic rings. The average molecular weight is 331 g/mol. The summed E-state index contributed by atoms with van der Waals surface area (Å²) in [6.45, 7) is 3.83. The monoisotopic (exact) mass is 331 g/mol. The molecule has 2 aromatic rings. The van der Waals surface area contributed by atoms with Gasteiger partial charge in [-0.15, -0.1) is 5.10 Å². The van der Waals surface area contributed by atoms with E-state index < -0.39 is 0 Å². The number of nitrogens with one attached hydrogen (secondary N) is 2. The van der Waals surface area contributed by atoms with Crippen molar-refractivity contribution in [3.8, 4) is 0 Å². The third kappa shape index (κ3) is 4.17. The van der Waals surface area contributed by atoms with E-state index in [9.17, 15) is 9.18 Å². The van der Waals surface area contributed by atoms with Crippen molar-refractivity contribution < 1.29 is 9.18 Å². The van der Waals surface area contributed by atoms with Crippen LogP contribution in [0.5, 0.6) is 0 Å². The number of aromatic nitrogens is 3. The smallest absolute Gasteiger partial charge is 0.273 e. The van der Waals surface area contributed by atoms with Crippen molar-refractivity contribution in [3.05, 3.63) is 47.5 Å². The number of nitrogens with zero attached hydrogens (tertiary/aromatic N) is 3. The number of hydrogen-bond donors (Lipinski definition) is 2. The van der Waals surface area contributed by atoms with Gasteiger partial charge in [0.05, 0.1) is 12.2 Å². The van der Waals surface area contributed by atoms with Crippen LogP contribution in [0.15, 0.2) is 30.5 Å². The van der Waals surface area contributed by atoms with Crippen LogP contribution in [0.3, 0.4) is 0 Å². The summed E-state index contributed by atoms with van der Waals surface area (Å²) in [7, 11) is 0. The second-order valence-corrected chi connectivity index (χ2v) is 6.27. The van der Waals surface area contributed by atoms with Gasteiger partial charge in [-0.05, 0) is 57.0 Å². The molecule has 1 unspecified atom stereocenters. The fraction of sp³-hybridized carbons (Fsp3) is 0.471. The van der Waals surface area contributed by atoms with Gasteiger partial charge < -0.3 is 10.6 Å². The summed E-state index contributed by atoms with van der Waals surface area (Å²) in [4.78, 5) is 12.3. The standard InChI is InChI=1S/C17H22FN5O/c1-12(10-13-2-4-14(18)5-3-13)20-17(24)16-11-23(22-21-16)15-6-8-19-9-7-15/h2-5,11-12,15,19H,6-10H2,1H3,(H,20,24). The van der Waals surface area contributed by atoms with Crippen LogP contribution in [0.25, 0.3) is 0 Å². The van der Waals surface area contributed by atoms with Crippen molar-refractivity contribution in [3.63, 3.8) is 0 Å². The Hall–Kier alpha value is -2.28. The van der Waals surface area contributed by atoms with Gasteiger partial charge in [0.15, 0.2) is 5.69 Å². The second kappa shape index (κ2) is 7.53. The third-order valence-electron chi connectivity index (χ3n) is 4.26. The summed E-state index contributed by atoms with van der Waals surface area (Å²) < 4.78 is 14.7. The quantitative estimate of drug-likeness (QED) is 0.875. The largest absolute Gasteiger partial charge is 0.348 e. The number of benzene rings is 1. The molecule has 2 N–H and O–H groups in total. The van der Waals surface area contributed by atoms with Crippen molar-refractivity contribution in [1.82, 2.24) is 25.6 Å². The Labute approximate surface area is 140 Å². The highest BCUT2D eigenvalue weighted by Gasteiger charge is 2.19. The van der Waals surface area contributed by atoms with Gasteiger partial charge in [0.2, 0.25) is 0 Å². The number of carbonyl (C=O) groups excluding carboxylic acids is 1. The molecule has 1 aromatic heterocycles. The Morgan fingerprint density at radius 1 is 1.38 bits per heavy atom. The van der Waals surface area contributed by atoms with Crippen LogP contribution in [0.4, 0.5) is 4.39 Å². The molecule has 1 saturated heterocycles. The number of carbonyl (C=O) groups is 1. The van der Waals surface area contributed by atoms with Crippen LogP contribution in [0.2, 0.25) is 0 Å². The van der Waals surface area contributed by atoms with Crippen LogP contribution >= 0.6 is 0 Å². The summed E-state index contributed by atoms with van der Waals surface area (Å²) in [5.74, 6) is -0.491. The van der Waals surface area contributed by atoms with E-state index >= 15 is 0 Å². The van der Waals surface area contributed by atoms with Gasteiger partial charge in [-0.2, -0.15) is 0 Å². The van der Waals surface area contributed by atoms with Gasteiger partial charge in [-0.3, -0.25) is 4.79 Å². The Balaban J connectivity index is 1.56. The van der Waals surface area contributed by atoms with E-state index in [1.54, 1.807) is 23.0 Å². The predicted octanol–water partition coefficient (Wildman–Crippen LogP) is 1.70. The van der Waals surface area contributed by atoms with Crippen LogP contribution in [0, 0.1) is 5.82 Å². The Kier molecular flexibility index (Phi) is 5.20. The molecule has 24 heavy (non-hydrogen) atoms. The zero-order valence-corrected chi connectivity index (χ0v) is 13.7. The third-order valence-corrected chi connectivity index (χ3v) is 4.26. The highest BCUT2D eigenvalue weighted by molar-refractivity contribution is 5.92.